The maximum absolute atomic E-state index is 13.9. The van der Waals surface area contributed by atoms with E-state index in [4.69, 9.17) is 23.1 Å². The van der Waals surface area contributed by atoms with E-state index in [-0.39, 0.29) is 46.7 Å². The van der Waals surface area contributed by atoms with Gasteiger partial charge in [0, 0.05) is 32.5 Å². The molecule has 8 atom stereocenters. The number of aliphatic hydroxyl groups excluding tert-OH is 1. The highest BCUT2D eigenvalue weighted by Gasteiger charge is 2.50. The Morgan fingerprint density at radius 1 is 0.980 bits per heavy atom. The molecule has 0 amide bonds. The van der Waals surface area contributed by atoms with E-state index in [9.17, 15) is 13.5 Å². The van der Waals surface area contributed by atoms with Crippen LogP contribution < -0.4 is 0 Å². The van der Waals surface area contributed by atoms with E-state index in [1.54, 1.807) is 31.4 Å². The van der Waals surface area contributed by atoms with Crippen molar-refractivity contribution in [2.24, 2.45) is 11.8 Å². The molecule has 8 nitrogen and oxygen atoms in total. The van der Waals surface area contributed by atoms with Crippen molar-refractivity contribution in [1.29, 1.82) is 0 Å². The molecule has 0 saturated carbocycles. The van der Waals surface area contributed by atoms with Crippen molar-refractivity contribution in [1.82, 2.24) is 0 Å². The van der Waals surface area contributed by atoms with Gasteiger partial charge in [0.2, 0.25) is 0 Å². The van der Waals surface area contributed by atoms with Gasteiger partial charge in [-0.1, -0.05) is 73.2 Å². The summed E-state index contributed by atoms with van der Waals surface area (Å²) >= 11 is 0. The lowest BCUT2D eigenvalue weighted by atomic mass is 9.83. The van der Waals surface area contributed by atoms with Gasteiger partial charge in [-0.15, -0.1) is 0 Å². The minimum atomic E-state index is -3.65. The topological polar surface area (TPSA) is 101 Å². The molecule has 2 heterocycles. The van der Waals surface area contributed by atoms with Crippen molar-refractivity contribution in [2.75, 3.05) is 26.1 Å². The van der Waals surface area contributed by atoms with Gasteiger partial charge >= 0.3 is 0 Å². The lowest BCUT2D eigenvalue weighted by Gasteiger charge is -2.42. The second-order valence-corrected chi connectivity index (χ2v) is 29.1. The average Bonchev–Trinajstić information content (AvgIpc) is 3.30. The molecule has 2 saturated heterocycles. The van der Waals surface area contributed by atoms with Gasteiger partial charge in [0.05, 0.1) is 53.9 Å². The Balaban J connectivity index is 1.97. The molecule has 1 aromatic carbocycles. The number of sulfone groups is 1. The zero-order chi connectivity index (χ0) is 37.0. The first-order chi connectivity index (χ1) is 22.5. The SMILES string of the molecule is C=C1C(C)CC(CCCO)O[C@@H]1C[C@@H]1OC(CC(CO[Si](C)(C)C(C)(C)C)O[Si](C)(C)C(C)(C)C)[C@H](OC)C1CS(=O)(=O)c1ccccc1. The summed E-state index contributed by atoms with van der Waals surface area (Å²) in [5, 5.41) is 9.51. The summed E-state index contributed by atoms with van der Waals surface area (Å²) in [5.74, 6) is -0.285. The summed E-state index contributed by atoms with van der Waals surface area (Å²) in [7, 11) is -6.28. The third-order valence-electron chi connectivity index (χ3n) is 11.8. The van der Waals surface area contributed by atoms with E-state index in [0.29, 0.717) is 30.8 Å². The molecule has 1 aromatic rings. The third kappa shape index (κ3) is 11.1. The van der Waals surface area contributed by atoms with Gasteiger partial charge < -0.3 is 28.2 Å². The number of hydrogen-bond donors (Lipinski definition) is 1. The van der Waals surface area contributed by atoms with Crippen molar-refractivity contribution < 1.29 is 36.6 Å². The van der Waals surface area contributed by atoms with Crippen molar-refractivity contribution in [3.05, 3.63) is 42.5 Å². The summed E-state index contributed by atoms with van der Waals surface area (Å²) in [6.45, 7) is 29.6. The molecule has 0 bridgehead atoms. The second kappa shape index (κ2) is 16.8. The van der Waals surface area contributed by atoms with Crippen LogP contribution >= 0.6 is 0 Å². The van der Waals surface area contributed by atoms with E-state index in [2.05, 4.69) is 81.2 Å². The molecule has 2 aliphatic heterocycles. The van der Waals surface area contributed by atoms with Gasteiger partial charge in [0.15, 0.2) is 26.5 Å². The van der Waals surface area contributed by atoms with Crippen LogP contribution in [0.15, 0.2) is 47.4 Å². The number of aliphatic hydroxyl groups is 1. The van der Waals surface area contributed by atoms with E-state index in [1.807, 2.05) is 6.07 Å². The minimum Gasteiger partial charge on any atom is -0.414 e. The van der Waals surface area contributed by atoms with Crippen LogP contribution in [0.1, 0.15) is 80.6 Å². The van der Waals surface area contributed by atoms with Gasteiger partial charge in [-0.25, -0.2) is 8.42 Å². The fourth-order valence-corrected chi connectivity index (χ4v) is 10.6. The summed E-state index contributed by atoms with van der Waals surface area (Å²) < 4.78 is 61.3. The highest BCUT2D eigenvalue weighted by atomic mass is 32.2. The van der Waals surface area contributed by atoms with E-state index in [1.165, 1.54) is 0 Å². The molecule has 49 heavy (non-hydrogen) atoms. The normalized spacial score (nSPS) is 28.2. The van der Waals surface area contributed by atoms with Crippen LogP contribution in [0.3, 0.4) is 0 Å². The van der Waals surface area contributed by atoms with Gasteiger partial charge in [0.25, 0.3) is 0 Å². The molecule has 2 fully saturated rings. The highest BCUT2D eigenvalue weighted by Crippen LogP contribution is 2.43. The molecule has 5 unspecified atom stereocenters. The molecular weight excluding hydrogens is 673 g/mol. The van der Waals surface area contributed by atoms with Crippen molar-refractivity contribution in [3.63, 3.8) is 0 Å². The number of rotatable bonds is 16. The smallest absolute Gasteiger partial charge is 0.192 e. The Labute approximate surface area is 300 Å². The molecule has 282 valence electrons. The minimum absolute atomic E-state index is 0.00378. The Hall–Kier alpha value is -0.896. The monoisotopic (exact) mass is 740 g/mol. The number of methoxy groups -OCH3 is 1. The molecule has 0 spiro atoms. The van der Waals surface area contributed by atoms with Gasteiger partial charge in [-0.3, -0.25) is 0 Å². The largest absolute Gasteiger partial charge is 0.414 e. The standard InChI is InChI=1S/C38H68O8SSi2/c1-27-22-29(18-17-21-39)44-33(28(27)2)24-34-32(26-47(40,41)31-19-15-14-16-20-31)36(42-9)35(45-34)23-30(46-49(12,13)38(6,7)8)25-43-48(10,11)37(3,4)5/h14-16,19-20,27,29-30,32-36,39H,2,17-18,21-26H2,1,3-13H3/t27?,29?,30?,32?,33-,34+,35?,36-/m1/s1. The quantitative estimate of drug-likeness (QED) is 0.134. The summed E-state index contributed by atoms with van der Waals surface area (Å²) in [4.78, 5) is 0.296. The predicted octanol–water partition coefficient (Wildman–Crippen LogP) is 8.17. The molecule has 2 aliphatic rings. The Kier molecular flexibility index (Phi) is 14.6. The van der Waals surface area contributed by atoms with Crippen LogP contribution in [0.25, 0.3) is 0 Å². The fourth-order valence-electron chi connectivity index (χ4n) is 6.50. The molecule has 0 aromatic heterocycles. The van der Waals surface area contributed by atoms with Crippen molar-refractivity contribution in [2.45, 2.75) is 158 Å². The number of ether oxygens (including phenoxy) is 3. The Morgan fingerprint density at radius 3 is 2.14 bits per heavy atom. The van der Waals surface area contributed by atoms with Gasteiger partial charge in [-0.2, -0.15) is 0 Å². The van der Waals surface area contributed by atoms with E-state index >= 15 is 0 Å². The van der Waals surface area contributed by atoms with Crippen molar-refractivity contribution >= 4 is 26.5 Å². The van der Waals surface area contributed by atoms with Crippen molar-refractivity contribution in [3.8, 4) is 0 Å². The van der Waals surface area contributed by atoms with Gasteiger partial charge in [-0.05, 0) is 79.2 Å². The van der Waals surface area contributed by atoms with E-state index < -0.39 is 50.7 Å². The Morgan fingerprint density at radius 2 is 1.59 bits per heavy atom. The molecular formula is C38H68O8SSi2. The van der Waals surface area contributed by atoms with Crippen LogP contribution in [-0.4, -0.2) is 92.9 Å². The molecule has 11 heteroatoms. The lowest BCUT2D eigenvalue weighted by Crippen LogP contribution is -2.49. The maximum atomic E-state index is 13.9. The highest BCUT2D eigenvalue weighted by molar-refractivity contribution is 7.91. The fraction of sp³-hybridized carbons (Fsp3) is 0.789. The van der Waals surface area contributed by atoms with Crippen LogP contribution in [-0.2, 0) is 32.9 Å². The van der Waals surface area contributed by atoms with Crippen LogP contribution in [0, 0.1) is 11.8 Å². The molecule has 0 aliphatic carbocycles. The summed E-state index contributed by atoms with van der Waals surface area (Å²) in [5.41, 5.74) is 1.01. The average molecular weight is 741 g/mol. The first kappa shape index (κ1) is 42.5. The van der Waals surface area contributed by atoms with Crippen LogP contribution in [0.2, 0.25) is 36.3 Å². The second-order valence-electron chi connectivity index (χ2n) is 17.5. The zero-order valence-electron chi connectivity index (χ0n) is 32.6. The van der Waals surface area contributed by atoms with Crippen LogP contribution in [0.4, 0.5) is 0 Å². The molecule has 1 N–H and O–H groups in total. The first-order valence-electron chi connectivity index (χ1n) is 18.3. The first-order valence-corrected chi connectivity index (χ1v) is 25.7. The molecule has 0 radical (unpaired) electrons. The summed E-state index contributed by atoms with van der Waals surface area (Å²) in [6, 6.07) is 8.64. The predicted molar refractivity (Wildman–Crippen MR) is 204 cm³/mol. The third-order valence-corrected chi connectivity index (χ3v) is 22.6. The van der Waals surface area contributed by atoms with E-state index in [0.717, 1.165) is 18.4 Å². The zero-order valence-corrected chi connectivity index (χ0v) is 35.4. The number of hydrogen-bond acceptors (Lipinski definition) is 8. The molecule has 3 rings (SSSR count). The number of benzene rings is 1. The van der Waals surface area contributed by atoms with Gasteiger partial charge in [0.1, 0.15) is 0 Å². The lowest BCUT2D eigenvalue weighted by molar-refractivity contribution is -0.0760. The Bertz CT molecular complexity index is 1300. The van der Waals surface area contributed by atoms with Crippen LogP contribution in [0.5, 0.6) is 0 Å². The maximum Gasteiger partial charge on any atom is 0.192 e. The summed E-state index contributed by atoms with van der Waals surface area (Å²) in [6.07, 6.45) is 1.49.